The highest BCUT2D eigenvalue weighted by atomic mass is 16.2. The number of benzene rings is 1. The molecular formula is C19H23N5O2. The molecule has 26 heavy (non-hydrogen) atoms. The molecule has 3 aromatic rings. The first-order chi connectivity index (χ1) is 12.3. The first-order valence-electron chi connectivity index (χ1n) is 8.75. The molecule has 2 aromatic heterocycles. The summed E-state index contributed by atoms with van der Waals surface area (Å²) in [6.45, 7) is 6.17. The van der Waals surface area contributed by atoms with Gasteiger partial charge in [0, 0.05) is 33.1 Å². The number of fused-ring (bicyclic) bond motifs is 1. The third-order valence-electron chi connectivity index (χ3n) is 5.54. The Morgan fingerprint density at radius 3 is 2.50 bits per heavy atom. The maximum absolute atomic E-state index is 12.3. The van der Waals surface area contributed by atoms with Crippen molar-refractivity contribution in [1.29, 1.82) is 0 Å². The van der Waals surface area contributed by atoms with Gasteiger partial charge in [0.25, 0.3) is 5.56 Å². The van der Waals surface area contributed by atoms with E-state index in [1.54, 1.807) is 11.6 Å². The molecule has 1 saturated heterocycles. The number of anilines is 1. The van der Waals surface area contributed by atoms with Gasteiger partial charge in [0.15, 0.2) is 11.2 Å². The van der Waals surface area contributed by atoms with E-state index in [0.717, 1.165) is 19.0 Å². The van der Waals surface area contributed by atoms with Crippen LogP contribution in [0.3, 0.4) is 0 Å². The van der Waals surface area contributed by atoms with Gasteiger partial charge in [-0.15, -0.1) is 0 Å². The van der Waals surface area contributed by atoms with Gasteiger partial charge in [-0.3, -0.25) is 14.3 Å². The molecule has 0 amide bonds. The number of hydrogen-bond acceptors (Lipinski definition) is 4. The third kappa shape index (κ3) is 2.38. The lowest BCUT2D eigenvalue weighted by Crippen LogP contribution is -2.29. The van der Waals surface area contributed by atoms with Crippen molar-refractivity contribution >= 4 is 17.1 Å². The van der Waals surface area contributed by atoms with Crippen LogP contribution in [0.1, 0.15) is 25.3 Å². The molecule has 7 heteroatoms. The SMILES string of the molecule is Cn1c(N2CC(c3ccccc3)C(C)(C)C2)nc2c1c(=O)[nH]c(=O)n2C. The average Bonchev–Trinajstić information content (AvgIpc) is 3.10. The number of aromatic nitrogens is 4. The minimum Gasteiger partial charge on any atom is -0.341 e. The van der Waals surface area contributed by atoms with Gasteiger partial charge in [-0.1, -0.05) is 44.2 Å². The molecule has 1 aliphatic rings. The van der Waals surface area contributed by atoms with Crippen molar-refractivity contribution in [1.82, 2.24) is 19.1 Å². The minimum absolute atomic E-state index is 0.0673. The third-order valence-corrected chi connectivity index (χ3v) is 5.54. The monoisotopic (exact) mass is 353 g/mol. The van der Waals surface area contributed by atoms with Gasteiger partial charge in [-0.25, -0.2) is 4.79 Å². The van der Waals surface area contributed by atoms with Crippen LogP contribution in [0.15, 0.2) is 39.9 Å². The highest BCUT2D eigenvalue weighted by molar-refractivity contribution is 5.74. The smallest absolute Gasteiger partial charge is 0.329 e. The number of rotatable bonds is 2. The number of nitrogens with zero attached hydrogens (tertiary/aromatic N) is 4. The molecule has 4 rings (SSSR count). The highest BCUT2D eigenvalue weighted by Gasteiger charge is 2.41. The summed E-state index contributed by atoms with van der Waals surface area (Å²) >= 11 is 0. The number of imidazole rings is 1. The zero-order valence-corrected chi connectivity index (χ0v) is 15.5. The lowest BCUT2D eigenvalue weighted by molar-refractivity contribution is 0.365. The Labute approximate surface area is 150 Å². The van der Waals surface area contributed by atoms with E-state index in [1.807, 2.05) is 13.1 Å². The Morgan fingerprint density at radius 2 is 1.81 bits per heavy atom. The molecule has 1 aromatic carbocycles. The fourth-order valence-electron chi connectivity index (χ4n) is 4.11. The van der Waals surface area contributed by atoms with Crippen molar-refractivity contribution in [3.05, 3.63) is 56.7 Å². The first kappa shape index (κ1) is 16.6. The summed E-state index contributed by atoms with van der Waals surface area (Å²) in [7, 11) is 3.45. The fraction of sp³-hybridized carbons (Fsp3) is 0.421. The van der Waals surface area contributed by atoms with Crippen LogP contribution >= 0.6 is 0 Å². The zero-order valence-electron chi connectivity index (χ0n) is 15.5. The number of hydrogen-bond donors (Lipinski definition) is 1. The van der Waals surface area contributed by atoms with Crippen LogP contribution in [0.5, 0.6) is 0 Å². The van der Waals surface area contributed by atoms with Gasteiger partial charge < -0.3 is 9.47 Å². The maximum atomic E-state index is 12.3. The molecule has 1 fully saturated rings. The highest BCUT2D eigenvalue weighted by Crippen LogP contribution is 2.43. The van der Waals surface area contributed by atoms with Crippen LogP contribution in [-0.2, 0) is 14.1 Å². The second-order valence-electron chi connectivity index (χ2n) is 7.79. The quantitative estimate of drug-likeness (QED) is 0.759. The Morgan fingerprint density at radius 1 is 1.12 bits per heavy atom. The summed E-state index contributed by atoms with van der Waals surface area (Å²) in [5.41, 5.74) is 1.36. The molecule has 3 heterocycles. The maximum Gasteiger partial charge on any atom is 0.329 e. The molecule has 0 bridgehead atoms. The standard InChI is InChI=1S/C19H23N5O2/c1-19(2)11-24(10-13(19)12-8-6-5-7-9-12)17-20-15-14(22(17)3)16(25)21-18(26)23(15)4/h5-9,13H,10-11H2,1-4H3,(H,21,25,26). The van der Waals surface area contributed by atoms with E-state index in [1.165, 1.54) is 10.1 Å². The summed E-state index contributed by atoms with van der Waals surface area (Å²) < 4.78 is 3.17. The Bertz CT molecular complexity index is 1090. The summed E-state index contributed by atoms with van der Waals surface area (Å²) in [5, 5.41) is 0. The summed E-state index contributed by atoms with van der Waals surface area (Å²) in [5.74, 6) is 1.09. The molecule has 0 aliphatic carbocycles. The lowest BCUT2D eigenvalue weighted by Gasteiger charge is -2.25. The molecule has 0 spiro atoms. The number of nitrogens with one attached hydrogen (secondary N) is 1. The van der Waals surface area contributed by atoms with Crippen molar-refractivity contribution in [3.63, 3.8) is 0 Å². The molecule has 0 saturated carbocycles. The van der Waals surface area contributed by atoms with E-state index in [2.05, 4.69) is 53.0 Å². The van der Waals surface area contributed by atoms with E-state index >= 15 is 0 Å². The first-order valence-corrected chi connectivity index (χ1v) is 8.75. The van der Waals surface area contributed by atoms with Crippen LogP contribution in [0, 0.1) is 5.41 Å². The van der Waals surface area contributed by atoms with Crippen LogP contribution in [0.4, 0.5) is 5.95 Å². The van der Waals surface area contributed by atoms with E-state index < -0.39 is 11.2 Å². The molecule has 0 radical (unpaired) electrons. The van der Waals surface area contributed by atoms with Gasteiger partial charge in [0.2, 0.25) is 5.95 Å². The number of aryl methyl sites for hydroxylation is 2. The molecule has 1 N–H and O–H groups in total. The predicted octanol–water partition coefficient (Wildman–Crippen LogP) is 1.59. The lowest BCUT2D eigenvalue weighted by atomic mass is 9.78. The number of H-pyrrole nitrogens is 1. The van der Waals surface area contributed by atoms with E-state index in [0.29, 0.717) is 17.1 Å². The predicted molar refractivity (Wildman–Crippen MR) is 102 cm³/mol. The van der Waals surface area contributed by atoms with Crippen LogP contribution < -0.4 is 16.1 Å². The summed E-state index contributed by atoms with van der Waals surface area (Å²) in [6, 6.07) is 10.5. The molecular weight excluding hydrogens is 330 g/mol. The normalized spacial score (nSPS) is 19.4. The fourth-order valence-corrected chi connectivity index (χ4v) is 4.11. The van der Waals surface area contributed by atoms with Crippen LogP contribution in [-0.4, -0.2) is 32.2 Å². The van der Waals surface area contributed by atoms with E-state index in [4.69, 9.17) is 0 Å². The minimum atomic E-state index is -0.448. The van der Waals surface area contributed by atoms with Crippen LogP contribution in [0.25, 0.3) is 11.2 Å². The Hall–Kier alpha value is -2.83. The second kappa shape index (κ2) is 5.59. The largest absolute Gasteiger partial charge is 0.341 e. The topological polar surface area (TPSA) is 75.9 Å². The van der Waals surface area contributed by atoms with Gasteiger partial charge >= 0.3 is 5.69 Å². The number of aromatic amines is 1. The molecule has 1 unspecified atom stereocenters. The van der Waals surface area contributed by atoms with Gasteiger partial charge in [-0.2, -0.15) is 4.98 Å². The Kier molecular flexibility index (Phi) is 3.57. The summed E-state index contributed by atoms with van der Waals surface area (Å²) in [4.78, 5) is 33.3. The van der Waals surface area contributed by atoms with Gasteiger partial charge in [0.1, 0.15) is 0 Å². The van der Waals surface area contributed by atoms with Crippen molar-refractivity contribution in [2.75, 3.05) is 18.0 Å². The van der Waals surface area contributed by atoms with Gasteiger partial charge in [0.05, 0.1) is 0 Å². The van der Waals surface area contributed by atoms with Crippen molar-refractivity contribution in [2.24, 2.45) is 19.5 Å². The zero-order chi connectivity index (χ0) is 18.6. The molecule has 1 atom stereocenters. The molecule has 136 valence electrons. The summed E-state index contributed by atoms with van der Waals surface area (Å²) in [6.07, 6.45) is 0. The van der Waals surface area contributed by atoms with Crippen LogP contribution in [0.2, 0.25) is 0 Å². The van der Waals surface area contributed by atoms with Crippen molar-refractivity contribution in [3.8, 4) is 0 Å². The van der Waals surface area contributed by atoms with Crippen molar-refractivity contribution in [2.45, 2.75) is 19.8 Å². The average molecular weight is 353 g/mol. The van der Waals surface area contributed by atoms with Gasteiger partial charge in [-0.05, 0) is 11.0 Å². The van der Waals surface area contributed by atoms with E-state index in [9.17, 15) is 9.59 Å². The second-order valence-corrected chi connectivity index (χ2v) is 7.79. The van der Waals surface area contributed by atoms with E-state index in [-0.39, 0.29) is 5.41 Å². The van der Waals surface area contributed by atoms with Crippen molar-refractivity contribution < 1.29 is 0 Å². The Balaban J connectivity index is 1.81. The molecule has 7 nitrogen and oxygen atoms in total. The molecule has 1 aliphatic heterocycles.